The molecule has 14 nitrogen and oxygen atoms in total. The standard InChI is InChI=1S/C47H59F3N10O4/c1-55-41-26-31(7-14-39(41)60(46(55)64)40-15-16-42(62)53-44(40)63)4-2-3-20-56-21-17-35(29-56)58-24-22-57(23-25-58)28-32-5-8-33(9-6-32)38-30-59(34-10-12-36(61)13-11-34)43-37(38)27-52-45(54-43)51-19-18-47(48,49)50/h5-9,14,26-27,30,34-36,40,61H,2-4,10-13,15-25,28-29H2,1H3,(H,51,52,54)(H,53,62,63)/t34-,35?,36-,40?. The van der Waals surface area contributed by atoms with E-state index >= 15 is 0 Å². The minimum Gasteiger partial charge on any atom is -0.393 e. The Balaban J connectivity index is 0.741. The molecule has 64 heavy (non-hydrogen) atoms. The van der Waals surface area contributed by atoms with E-state index in [2.05, 4.69) is 77.5 Å². The van der Waals surface area contributed by atoms with Crippen LogP contribution in [-0.2, 0) is 29.6 Å². The SMILES string of the molecule is Cn1c(=O)n(C2CCC(=O)NC2=O)c2ccc(CCCCN3CCC(N4CCN(Cc5ccc(-c6cn([C@H]7CC[C@H](O)CC7)c7nc(NCCC(F)(F)F)ncc67)cc5)CC4)C3)cc21. The van der Waals surface area contributed by atoms with E-state index < -0.39 is 24.5 Å². The topological polar surface area (TPSA) is 146 Å². The van der Waals surface area contributed by atoms with Gasteiger partial charge in [-0.05, 0) is 99.7 Å². The van der Waals surface area contributed by atoms with Crippen molar-refractivity contribution >= 4 is 39.8 Å². The normalized spacial score (nSPS) is 23.1. The van der Waals surface area contributed by atoms with Gasteiger partial charge < -0.3 is 19.9 Å². The quantitative estimate of drug-likeness (QED) is 0.0927. The number of unbranched alkanes of at least 4 members (excludes halogenated alkanes) is 1. The molecule has 6 heterocycles. The monoisotopic (exact) mass is 884 g/mol. The number of likely N-dealkylation sites (tertiary alicyclic amines) is 1. The number of nitrogens with zero attached hydrogens (tertiary/aromatic N) is 8. The number of aryl methyl sites for hydroxylation is 2. The fraction of sp³-hybridized carbons (Fsp3) is 0.553. The molecule has 4 fully saturated rings. The number of carbonyl (C=O) groups is 2. The smallest absolute Gasteiger partial charge is 0.390 e. The zero-order chi connectivity index (χ0) is 44.5. The van der Waals surface area contributed by atoms with Gasteiger partial charge in [0.2, 0.25) is 17.8 Å². The number of fused-ring (bicyclic) bond motifs is 2. The molecule has 2 unspecified atom stereocenters. The average Bonchev–Trinajstić information content (AvgIpc) is 3.97. The van der Waals surface area contributed by atoms with Crippen molar-refractivity contribution in [1.82, 2.24) is 43.7 Å². The van der Waals surface area contributed by atoms with Crippen molar-refractivity contribution in [2.45, 2.75) is 108 Å². The first kappa shape index (κ1) is 44.1. The van der Waals surface area contributed by atoms with Crippen LogP contribution in [0.5, 0.6) is 0 Å². The predicted molar refractivity (Wildman–Crippen MR) is 239 cm³/mol. The van der Waals surface area contributed by atoms with Gasteiger partial charge >= 0.3 is 11.9 Å². The highest BCUT2D eigenvalue weighted by atomic mass is 19.4. The van der Waals surface area contributed by atoms with Crippen LogP contribution in [0.1, 0.15) is 87.4 Å². The summed E-state index contributed by atoms with van der Waals surface area (Å²) in [6.07, 6.45) is 6.08. The number of aliphatic hydroxyl groups excluding tert-OH is 1. The average molecular weight is 885 g/mol. The number of aromatic nitrogens is 5. The van der Waals surface area contributed by atoms with Crippen molar-refractivity contribution in [2.24, 2.45) is 7.05 Å². The zero-order valence-corrected chi connectivity index (χ0v) is 36.5. The summed E-state index contributed by atoms with van der Waals surface area (Å²) < 4.78 is 43.7. The number of hydrogen-bond donors (Lipinski definition) is 3. The lowest BCUT2D eigenvalue weighted by Gasteiger charge is -2.38. The maximum absolute atomic E-state index is 13.2. The number of benzene rings is 2. The number of rotatable bonds is 14. The lowest BCUT2D eigenvalue weighted by molar-refractivity contribution is -0.136. The summed E-state index contributed by atoms with van der Waals surface area (Å²) in [6, 6.07) is 14.8. The van der Waals surface area contributed by atoms with Crippen LogP contribution >= 0.6 is 0 Å². The van der Waals surface area contributed by atoms with Crippen LogP contribution in [0, 0.1) is 0 Å². The van der Waals surface area contributed by atoms with Crippen LogP contribution in [0.25, 0.3) is 33.2 Å². The molecule has 0 spiro atoms. The summed E-state index contributed by atoms with van der Waals surface area (Å²) in [6.45, 7) is 8.02. The van der Waals surface area contributed by atoms with Gasteiger partial charge in [0.1, 0.15) is 11.7 Å². The molecule has 3 N–H and O–H groups in total. The Labute approximate surface area is 370 Å². The maximum Gasteiger partial charge on any atom is 0.390 e. The van der Waals surface area contributed by atoms with E-state index in [1.807, 2.05) is 6.07 Å². The fourth-order valence-corrected chi connectivity index (χ4v) is 10.4. The van der Waals surface area contributed by atoms with Gasteiger partial charge in [-0.25, -0.2) is 9.78 Å². The van der Waals surface area contributed by atoms with Crippen LogP contribution < -0.4 is 16.3 Å². The highest BCUT2D eigenvalue weighted by Gasteiger charge is 2.33. The molecular weight excluding hydrogens is 826 g/mol. The Hall–Kier alpha value is -5.10. The van der Waals surface area contributed by atoms with Gasteiger partial charge in [-0.3, -0.25) is 33.8 Å². The number of anilines is 1. The van der Waals surface area contributed by atoms with E-state index in [1.54, 1.807) is 17.8 Å². The number of hydrogen-bond acceptors (Lipinski definition) is 10. The highest BCUT2D eigenvalue weighted by molar-refractivity contribution is 6.00. The Bertz CT molecular complexity index is 2520. The number of carbonyl (C=O) groups excluding carboxylic acids is 2. The Morgan fingerprint density at radius 3 is 2.38 bits per heavy atom. The minimum absolute atomic E-state index is 0.137. The van der Waals surface area contributed by atoms with Crippen LogP contribution in [0.15, 0.2) is 59.7 Å². The van der Waals surface area contributed by atoms with Crippen molar-refractivity contribution in [3.63, 3.8) is 0 Å². The molecule has 3 saturated heterocycles. The minimum atomic E-state index is -4.26. The number of piperazine rings is 1. The first-order chi connectivity index (χ1) is 30.9. The molecule has 17 heteroatoms. The zero-order valence-electron chi connectivity index (χ0n) is 36.5. The molecule has 3 aromatic heterocycles. The Morgan fingerprint density at radius 2 is 1.62 bits per heavy atom. The van der Waals surface area contributed by atoms with Gasteiger partial charge in [-0.15, -0.1) is 0 Å². The number of nitrogens with one attached hydrogen (secondary N) is 2. The van der Waals surface area contributed by atoms with Gasteiger partial charge in [0, 0.05) is 94.7 Å². The summed E-state index contributed by atoms with van der Waals surface area (Å²) >= 11 is 0. The predicted octanol–water partition coefficient (Wildman–Crippen LogP) is 5.78. The number of amides is 2. The lowest BCUT2D eigenvalue weighted by Crippen LogP contribution is -2.50. The fourth-order valence-electron chi connectivity index (χ4n) is 10.4. The molecule has 1 aliphatic carbocycles. The van der Waals surface area contributed by atoms with Gasteiger partial charge in [0.25, 0.3) is 0 Å². The third kappa shape index (κ3) is 9.77. The van der Waals surface area contributed by atoms with Crippen LogP contribution in [0.2, 0.25) is 0 Å². The Kier molecular flexibility index (Phi) is 12.9. The molecule has 0 radical (unpaired) electrons. The summed E-state index contributed by atoms with van der Waals surface area (Å²) in [5.74, 6) is -0.538. The van der Waals surface area contributed by atoms with Crippen LogP contribution in [0.4, 0.5) is 19.1 Å². The Morgan fingerprint density at radius 1 is 0.859 bits per heavy atom. The van der Waals surface area contributed by atoms with E-state index in [4.69, 9.17) is 4.98 Å². The number of aliphatic hydroxyl groups is 1. The number of halogens is 3. The van der Waals surface area contributed by atoms with Crippen molar-refractivity contribution in [1.29, 1.82) is 0 Å². The third-order valence-corrected chi connectivity index (χ3v) is 14.0. The number of alkyl halides is 3. The second-order valence-electron chi connectivity index (χ2n) is 18.3. The summed E-state index contributed by atoms with van der Waals surface area (Å²) in [7, 11) is 1.74. The molecule has 2 atom stereocenters. The van der Waals surface area contributed by atoms with E-state index in [-0.39, 0.29) is 42.7 Å². The maximum atomic E-state index is 13.2. The summed E-state index contributed by atoms with van der Waals surface area (Å²) in [4.78, 5) is 54.3. The number of imide groups is 1. The van der Waals surface area contributed by atoms with Crippen molar-refractivity contribution < 1.29 is 27.9 Å². The largest absolute Gasteiger partial charge is 0.393 e. The molecule has 0 bridgehead atoms. The van der Waals surface area contributed by atoms with Crippen LogP contribution in [-0.4, -0.2) is 126 Å². The van der Waals surface area contributed by atoms with Crippen molar-refractivity contribution in [3.8, 4) is 11.1 Å². The van der Waals surface area contributed by atoms with Gasteiger partial charge in [0.05, 0.1) is 23.6 Å². The molecule has 2 amide bonds. The van der Waals surface area contributed by atoms with Gasteiger partial charge in [-0.1, -0.05) is 30.3 Å². The lowest BCUT2D eigenvalue weighted by atomic mass is 9.93. The molecule has 5 aromatic rings. The highest BCUT2D eigenvalue weighted by Crippen LogP contribution is 2.37. The second-order valence-corrected chi connectivity index (χ2v) is 18.3. The van der Waals surface area contributed by atoms with Crippen molar-refractivity contribution in [2.75, 3.05) is 57.7 Å². The molecule has 342 valence electrons. The van der Waals surface area contributed by atoms with Crippen molar-refractivity contribution in [3.05, 3.63) is 76.5 Å². The van der Waals surface area contributed by atoms with Gasteiger partial charge in [-0.2, -0.15) is 18.2 Å². The molecule has 1 saturated carbocycles. The molecule has 2 aromatic carbocycles. The summed E-state index contributed by atoms with van der Waals surface area (Å²) in [5, 5.41) is 16.1. The second kappa shape index (κ2) is 18.8. The molecule has 3 aliphatic heterocycles. The van der Waals surface area contributed by atoms with E-state index in [9.17, 15) is 32.7 Å². The number of imidazole rings is 1. The molecule has 9 rings (SSSR count). The van der Waals surface area contributed by atoms with E-state index in [0.29, 0.717) is 31.0 Å². The van der Waals surface area contributed by atoms with E-state index in [1.165, 1.54) is 22.1 Å². The third-order valence-electron chi connectivity index (χ3n) is 14.0. The van der Waals surface area contributed by atoms with Gasteiger partial charge in [0.15, 0.2) is 0 Å². The first-order valence-electron chi connectivity index (χ1n) is 23.0. The summed E-state index contributed by atoms with van der Waals surface area (Å²) in [5.41, 5.74) is 6.41. The van der Waals surface area contributed by atoms with Crippen LogP contribution in [0.3, 0.4) is 0 Å². The first-order valence-corrected chi connectivity index (χ1v) is 23.0. The van der Waals surface area contributed by atoms with E-state index in [0.717, 1.165) is 112 Å². The molecular formula is C47H59F3N10O4. The number of piperidine rings is 1. The molecule has 4 aliphatic rings.